The second-order valence-corrected chi connectivity index (χ2v) is 8.02. The molecule has 0 saturated carbocycles. The van der Waals surface area contributed by atoms with Gasteiger partial charge < -0.3 is 9.47 Å². The number of amides is 1. The highest BCUT2D eigenvalue weighted by molar-refractivity contribution is 9.10. The molecule has 1 amide bonds. The number of rotatable bonds is 6. The van der Waals surface area contributed by atoms with Gasteiger partial charge in [-0.25, -0.2) is 0 Å². The zero-order valence-electron chi connectivity index (χ0n) is 14.0. The van der Waals surface area contributed by atoms with Crippen LogP contribution in [0.2, 0.25) is 0 Å². The Bertz CT molecular complexity index is 855. The Labute approximate surface area is 170 Å². The molecule has 0 radical (unpaired) electrons. The van der Waals surface area contributed by atoms with Crippen LogP contribution < -0.4 is 9.47 Å². The molecular formula is C19H16BrNO3S2. The SMILES string of the molecule is CN1C(=O)/C(=C/c2cc(Br)ccc2OCCOc2ccccc2)SC1=S. The summed E-state index contributed by atoms with van der Waals surface area (Å²) in [6, 6.07) is 15.3. The fraction of sp³-hybridized carbons (Fsp3) is 0.158. The molecule has 1 fully saturated rings. The highest BCUT2D eigenvalue weighted by atomic mass is 79.9. The second-order valence-electron chi connectivity index (χ2n) is 5.43. The maximum Gasteiger partial charge on any atom is 0.265 e. The first-order valence-electron chi connectivity index (χ1n) is 7.86. The first-order valence-corrected chi connectivity index (χ1v) is 9.88. The molecule has 0 bridgehead atoms. The maximum atomic E-state index is 12.2. The molecule has 0 unspecified atom stereocenters. The molecule has 1 aliphatic rings. The minimum absolute atomic E-state index is 0.0988. The fourth-order valence-electron chi connectivity index (χ4n) is 2.28. The molecule has 2 aromatic carbocycles. The van der Waals surface area contributed by atoms with Gasteiger partial charge in [0, 0.05) is 17.1 Å². The number of para-hydroxylation sites is 1. The summed E-state index contributed by atoms with van der Waals surface area (Å²) in [6.45, 7) is 0.822. The van der Waals surface area contributed by atoms with Crippen LogP contribution in [0.5, 0.6) is 11.5 Å². The summed E-state index contributed by atoms with van der Waals surface area (Å²) < 4.78 is 13.0. The van der Waals surface area contributed by atoms with Crippen molar-refractivity contribution >= 4 is 56.2 Å². The Morgan fingerprint density at radius 3 is 2.58 bits per heavy atom. The second kappa shape index (κ2) is 8.70. The third-order valence-corrected chi connectivity index (χ3v) is 5.58. The maximum absolute atomic E-state index is 12.2. The molecule has 0 aliphatic carbocycles. The van der Waals surface area contributed by atoms with Crippen LogP contribution >= 0.6 is 39.9 Å². The lowest BCUT2D eigenvalue weighted by molar-refractivity contribution is -0.121. The summed E-state index contributed by atoms with van der Waals surface area (Å²) in [5.41, 5.74) is 0.813. The van der Waals surface area contributed by atoms with E-state index in [1.165, 1.54) is 16.7 Å². The van der Waals surface area contributed by atoms with Crippen molar-refractivity contribution in [3.05, 3.63) is 63.5 Å². The van der Waals surface area contributed by atoms with E-state index >= 15 is 0 Å². The third kappa shape index (κ3) is 4.66. The average molecular weight is 450 g/mol. The molecular weight excluding hydrogens is 434 g/mol. The number of hydrogen-bond donors (Lipinski definition) is 0. The van der Waals surface area contributed by atoms with Crippen molar-refractivity contribution in [3.63, 3.8) is 0 Å². The summed E-state index contributed by atoms with van der Waals surface area (Å²) >= 11 is 9.92. The lowest BCUT2D eigenvalue weighted by Gasteiger charge is -2.11. The van der Waals surface area contributed by atoms with Gasteiger partial charge in [0.1, 0.15) is 29.0 Å². The Morgan fingerprint density at radius 2 is 1.88 bits per heavy atom. The van der Waals surface area contributed by atoms with E-state index in [0.29, 0.717) is 28.2 Å². The van der Waals surface area contributed by atoms with Crippen LogP contribution in [-0.4, -0.2) is 35.4 Å². The van der Waals surface area contributed by atoms with Gasteiger partial charge in [-0.1, -0.05) is 58.1 Å². The van der Waals surface area contributed by atoms with Gasteiger partial charge in [0.15, 0.2) is 0 Å². The lowest BCUT2D eigenvalue weighted by atomic mass is 10.2. The van der Waals surface area contributed by atoms with Crippen LogP contribution in [0.3, 0.4) is 0 Å². The highest BCUT2D eigenvalue weighted by Gasteiger charge is 2.28. The normalized spacial score (nSPS) is 15.6. The molecule has 7 heteroatoms. The standard InChI is InChI=1S/C19H16BrNO3S2/c1-21-18(22)17(26-19(21)25)12-13-11-14(20)7-8-16(13)24-10-9-23-15-5-3-2-4-6-15/h2-8,11-12H,9-10H2,1H3/b17-12-. The first kappa shape index (κ1) is 18.9. The highest BCUT2D eigenvalue weighted by Crippen LogP contribution is 2.34. The first-order chi connectivity index (χ1) is 12.5. The summed E-state index contributed by atoms with van der Waals surface area (Å²) in [5.74, 6) is 1.39. The van der Waals surface area contributed by atoms with E-state index in [4.69, 9.17) is 21.7 Å². The lowest BCUT2D eigenvalue weighted by Crippen LogP contribution is -2.22. The molecule has 2 aromatic rings. The molecule has 1 saturated heterocycles. The number of halogens is 1. The quantitative estimate of drug-likeness (QED) is 0.361. The van der Waals surface area contributed by atoms with Crippen LogP contribution in [0.4, 0.5) is 0 Å². The molecule has 134 valence electrons. The molecule has 26 heavy (non-hydrogen) atoms. The van der Waals surface area contributed by atoms with Crippen LogP contribution in [0.25, 0.3) is 6.08 Å². The van der Waals surface area contributed by atoms with Gasteiger partial charge in [-0.3, -0.25) is 9.69 Å². The summed E-state index contributed by atoms with van der Waals surface area (Å²) in [4.78, 5) is 14.3. The summed E-state index contributed by atoms with van der Waals surface area (Å²) in [6.07, 6.45) is 1.81. The number of thioether (sulfide) groups is 1. The van der Waals surface area contributed by atoms with Gasteiger partial charge in [-0.05, 0) is 36.4 Å². The van der Waals surface area contributed by atoms with Gasteiger partial charge in [-0.2, -0.15) is 0 Å². The molecule has 0 atom stereocenters. The van der Waals surface area contributed by atoms with Gasteiger partial charge in [-0.15, -0.1) is 0 Å². The number of carbonyl (C=O) groups is 1. The number of carbonyl (C=O) groups excluding carboxylic acids is 1. The number of thiocarbonyl (C=S) groups is 1. The van der Waals surface area contributed by atoms with Crippen LogP contribution in [0, 0.1) is 0 Å². The number of hydrogen-bond acceptors (Lipinski definition) is 5. The zero-order chi connectivity index (χ0) is 18.5. The van der Waals surface area contributed by atoms with Gasteiger partial charge in [0.25, 0.3) is 5.91 Å². The Kier molecular flexibility index (Phi) is 6.34. The van der Waals surface area contributed by atoms with Gasteiger partial charge in [0.05, 0.1) is 4.91 Å². The largest absolute Gasteiger partial charge is 0.490 e. The van der Waals surface area contributed by atoms with E-state index in [2.05, 4.69) is 15.9 Å². The Hall–Kier alpha value is -1.83. The predicted molar refractivity (Wildman–Crippen MR) is 113 cm³/mol. The van der Waals surface area contributed by atoms with Crippen molar-refractivity contribution in [3.8, 4) is 11.5 Å². The molecule has 1 heterocycles. The Balaban J connectivity index is 1.68. The van der Waals surface area contributed by atoms with Crippen molar-refractivity contribution in [1.29, 1.82) is 0 Å². The van der Waals surface area contributed by atoms with Crippen molar-refractivity contribution in [2.45, 2.75) is 0 Å². The summed E-state index contributed by atoms with van der Waals surface area (Å²) in [7, 11) is 1.68. The predicted octanol–water partition coefficient (Wildman–Crippen LogP) is 4.74. The number of benzene rings is 2. The molecule has 0 spiro atoms. The van der Waals surface area contributed by atoms with E-state index in [1.807, 2.05) is 48.5 Å². The molecule has 3 rings (SSSR count). The monoisotopic (exact) mass is 449 g/mol. The van der Waals surface area contributed by atoms with Gasteiger partial charge >= 0.3 is 0 Å². The summed E-state index contributed by atoms with van der Waals surface area (Å²) in [5, 5.41) is 0. The van der Waals surface area contributed by atoms with Crippen molar-refractivity contribution in [2.75, 3.05) is 20.3 Å². The topological polar surface area (TPSA) is 38.8 Å². The van der Waals surface area contributed by atoms with Crippen molar-refractivity contribution < 1.29 is 14.3 Å². The van der Waals surface area contributed by atoms with E-state index in [-0.39, 0.29) is 5.91 Å². The van der Waals surface area contributed by atoms with Crippen molar-refractivity contribution in [1.82, 2.24) is 4.90 Å². The average Bonchev–Trinajstić information content (AvgIpc) is 2.88. The zero-order valence-corrected chi connectivity index (χ0v) is 17.2. The minimum atomic E-state index is -0.0988. The molecule has 0 N–H and O–H groups in total. The number of likely N-dealkylation sites (N-methyl/N-ethyl adjacent to an activating group) is 1. The Morgan fingerprint density at radius 1 is 1.15 bits per heavy atom. The fourth-order valence-corrected chi connectivity index (χ4v) is 3.83. The van der Waals surface area contributed by atoms with Crippen molar-refractivity contribution in [2.24, 2.45) is 0 Å². The van der Waals surface area contributed by atoms with E-state index in [1.54, 1.807) is 13.1 Å². The van der Waals surface area contributed by atoms with Crippen LogP contribution in [-0.2, 0) is 4.79 Å². The van der Waals surface area contributed by atoms with E-state index < -0.39 is 0 Å². The number of ether oxygens (including phenoxy) is 2. The van der Waals surface area contributed by atoms with E-state index in [0.717, 1.165) is 15.8 Å². The van der Waals surface area contributed by atoms with E-state index in [9.17, 15) is 4.79 Å². The molecule has 0 aromatic heterocycles. The third-order valence-electron chi connectivity index (χ3n) is 3.60. The van der Waals surface area contributed by atoms with Gasteiger partial charge in [0.2, 0.25) is 0 Å². The molecule has 4 nitrogen and oxygen atoms in total. The van der Waals surface area contributed by atoms with Crippen LogP contribution in [0.15, 0.2) is 57.9 Å². The van der Waals surface area contributed by atoms with Crippen LogP contribution in [0.1, 0.15) is 5.56 Å². The smallest absolute Gasteiger partial charge is 0.265 e. The molecule has 1 aliphatic heterocycles. The number of nitrogens with zero attached hydrogens (tertiary/aromatic N) is 1. The minimum Gasteiger partial charge on any atom is -0.490 e.